The largest absolute Gasteiger partial charge is 0.478 e. The summed E-state index contributed by atoms with van der Waals surface area (Å²) in [7, 11) is -1.64. The van der Waals surface area contributed by atoms with Crippen molar-refractivity contribution in [1.29, 1.82) is 0 Å². The van der Waals surface area contributed by atoms with Gasteiger partial charge in [0.1, 0.15) is 22.9 Å². The van der Waals surface area contributed by atoms with Crippen LogP contribution < -0.4 is 10.6 Å². The Morgan fingerprint density at radius 1 is 0.615 bits per heavy atom. The lowest BCUT2D eigenvalue weighted by atomic mass is 10.0. The lowest BCUT2D eigenvalue weighted by Gasteiger charge is -2.19. The van der Waals surface area contributed by atoms with Crippen LogP contribution >= 0.6 is 0 Å². The number of carbonyl (C=O) groups is 4. The smallest absolute Gasteiger partial charge is 0.407 e. The van der Waals surface area contributed by atoms with Crippen LogP contribution in [0.1, 0.15) is 80.6 Å². The maximum absolute atomic E-state index is 15.1. The van der Waals surface area contributed by atoms with E-state index in [1.165, 1.54) is 70.7 Å². The van der Waals surface area contributed by atoms with Crippen LogP contribution in [0.25, 0.3) is 44.1 Å². The molecule has 78 heavy (non-hydrogen) atoms. The Hall–Kier alpha value is -7.40. The van der Waals surface area contributed by atoms with Gasteiger partial charge in [0.2, 0.25) is 20.0 Å². The van der Waals surface area contributed by atoms with E-state index in [1.54, 1.807) is 126 Å². The lowest BCUT2D eigenvalue weighted by Crippen LogP contribution is -2.32. The zero-order valence-corrected chi connectivity index (χ0v) is 47.7. The van der Waals surface area contributed by atoms with Crippen LogP contribution in [0, 0.1) is 13.8 Å². The van der Waals surface area contributed by atoms with Gasteiger partial charge in [-0.1, -0.05) is 24.3 Å². The van der Waals surface area contributed by atoms with E-state index >= 15 is 4.39 Å². The van der Waals surface area contributed by atoms with Gasteiger partial charge in [0.15, 0.2) is 0 Å². The van der Waals surface area contributed by atoms with Crippen LogP contribution in [0.4, 0.5) is 18.4 Å². The van der Waals surface area contributed by atoms with Crippen molar-refractivity contribution in [2.24, 2.45) is 0 Å². The van der Waals surface area contributed by atoms with Gasteiger partial charge >= 0.3 is 24.1 Å². The standard InChI is InChI=1S/C29H36FN3O6S.C27H32FN3O6S/c1-8-38-27(34)21-12-13-25-24(17-21)26(20-10-9-11-23(16-20)40(36,37)32(6)7)19(2)33(25)18-22(30)14-15-31-28(35)39-29(3,4)5;1-17-24(18-8-7-9-21(14-18)38(35,36)30(5)6)22-15-19(25(32)33)10-11-23(22)31(17)16-20(28)12-13-29-26(34)37-27(2,3)4/h9-14,16-17H,8,15,18H2,1-7H3,(H,31,35);7-12,14-15H,13,16H2,1-6H3,(H,29,34)(H,32,33)/b22-14-;20-12-. The monoisotopic (exact) mass is 1120 g/mol. The number of hydrogen-bond acceptors (Lipinski definition) is 11. The van der Waals surface area contributed by atoms with Crippen molar-refractivity contribution in [1.82, 2.24) is 28.4 Å². The van der Waals surface area contributed by atoms with E-state index < -0.39 is 67.0 Å². The predicted octanol–water partition coefficient (Wildman–Crippen LogP) is 10.4. The molecule has 4 aromatic carbocycles. The van der Waals surface area contributed by atoms with E-state index in [-0.39, 0.29) is 48.1 Å². The van der Waals surface area contributed by atoms with Crippen molar-refractivity contribution in [2.75, 3.05) is 47.9 Å². The Morgan fingerprint density at radius 2 is 1.00 bits per heavy atom. The molecule has 420 valence electrons. The molecule has 2 amide bonds. The number of carboxylic acids is 1. The van der Waals surface area contributed by atoms with E-state index in [4.69, 9.17) is 14.2 Å². The number of sulfonamides is 2. The molecule has 0 radical (unpaired) electrons. The summed E-state index contributed by atoms with van der Waals surface area (Å²) in [5.74, 6) is -2.64. The maximum atomic E-state index is 15.1. The Balaban J connectivity index is 0.000000288. The van der Waals surface area contributed by atoms with Gasteiger partial charge in [-0.2, -0.15) is 0 Å². The van der Waals surface area contributed by atoms with Gasteiger partial charge in [-0.3, -0.25) is 0 Å². The van der Waals surface area contributed by atoms with E-state index in [0.29, 0.717) is 61.0 Å². The fourth-order valence-electron chi connectivity index (χ4n) is 8.17. The number of aromatic carboxylic acids is 1. The molecule has 0 saturated heterocycles. The summed E-state index contributed by atoms with van der Waals surface area (Å²) in [5.41, 5.74) is 3.93. The number of carboxylic acid groups (broad SMARTS) is 1. The lowest BCUT2D eigenvalue weighted by molar-refractivity contribution is 0.0518. The molecular formula is C56H68F2N6O12S2. The van der Waals surface area contributed by atoms with E-state index in [1.807, 2.05) is 0 Å². The number of rotatable bonds is 17. The number of esters is 1. The minimum Gasteiger partial charge on any atom is -0.478 e. The SMILES string of the molecule is CCOC(=O)c1ccc2c(c1)c(-c1cccc(S(=O)(=O)N(C)C)c1)c(C)n2C/C(F)=C/CNC(=O)OC(C)(C)C.Cc1c(-c2cccc(S(=O)(=O)N(C)C)c2)c2cc(C(=O)O)ccc2n1C/C(F)=C/CNC(=O)OC(C)(C)C. The molecule has 0 aliphatic heterocycles. The van der Waals surface area contributed by atoms with Crippen LogP contribution in [0.2, 0.25) is 0 Å². The number of ether oxygens (including phenoxy) is 3. The van der Waals surface area contributed by atoms with Gasteiger partial charge in [-0.05, 0) is 146 Å². The summed E-state index contributed by atoms with van der Waals surface area (Å²) in [6.07, 6.45) is 1.16. The number of carbonyl (C=O) groups excluding carboxylic acids is 3. The highest BCUT2D eigenvalue weighted by Gasteiger charge is 2.25. The third-order valence-electron chi connectivity index (χ3n) is 11.8. The van der Waals surface area contributed by atoms with Crippen molar-refractivity contribution >= 4 is 66.0 Å². The number of nitrogens with one attached hydrogen (secondary N) is 2. The van der Waals surface area contributed by atoms with Crippen LogP contribution in [0.15, 0.2) is 119 Å². The molecule has 3 N–H and O–H groups in total. The second-order valence-electron chi connectivity index (χ2n) is 20.3. The van der Waals surface area contributed by atoms with Crippen molar-refractivity contribution in [2.45, 2.75) is 96.4 Å². The summed E-state index contributed by atoms with van der Waals surface area (Å²) in [6, 6.07) is 22.4. The summed E-state index contributed by atoms with van der Waals surface area (Å²) in [5, 5.41) is 15.7. The fraction of sp³-hybridized carbons (Fsp3) is 0.357. The molecule has 0 fully saturated rings. The number of amides is 2. The van der Waals surface area contributed by atoms with Crippen molar-refractivity contribution in [3.8, 4) is 22.3 Å². The highest BCUT2D eigenvalue weighted by molar-refractivity contribution is 7.89. The maximum Gasteiger partial charge on any atom is 0.407 e. The number of hydrogen-bond donors (Lipinski definition) is 3. The molecule has 18 nitrogen and oxygen atoms in total. The first kappa shape index (κ1) is 61.5. The second kappa shape index (κ2) is 24.9. The number of aromatic nitrogens is 2. The highest BCUT2D eigenvalue weighted by atomic mass is 32.2. The molecule has 0 aliphatic carbocycles. The second-order valence-corrected chi connectivity index (χ2v) is 24.6. The number of benzene rings is 4. The number of fused-ring (bicyclic) bond motifs is 2. The quantitative estimate of drug-likeness (QED) is 0.0573. The molecule has 2 aromatic heterocycles. The number of allylic oxidation sites excluding steroid dienone is 2. The van der Waals surface area contributed by atoms with E-state index in [9.17, 15) is 45.5 Å². The summed E-state index contributed by atoms with van der Waals surface area (Å²) in [4.78, 5) is 48.1. The third-order valence-corrected chi connectivity index (χ3v) is 15.4. The predicted molar refractivity (Wildman–Crippen MR) is 296 cm³/mol. The normalized spacial score (nSPS) is 12.6. The van der Waals surface area contributed by atoms with Crippen LogP contribution in [0.5, 0.6) is 0 Å². The zero-order chi connectivity index (χ0) is 58.2. The Morgan fingerprint density at radius 3 is 1.36 bits per heavy atom. The zero-order valence-electron chi connectivity index (χ0n) is 46.1. The molecule has 0 spiro atoms. The summed E-state index contributed by atoms with van der Waals surface area (Å²) >= 11 is 0. The molecular weight excluding hydrogens is 1050 g/mol. The Kier molecular flexibility index (Phi) is 19.6. The third kappa shape index (κ3) is 15.2. The molecule has 22 heteroatoms. The first-order chi connectivity index (χ1) is 36.3. The molecule has 6 aromatic rings. The number of halogens is 2. The molecule has 2 heterocycles. The van der Waals surface area contributed by atoms with Crippen LogP contribution in [0.3, 0.4) is 0 Å². The van der Waals surface area contributed by atoms with Gasteiger partial charge in [-0.15, -0.1) is 0 Å². The first-order valence-corrected chi connectivity index (χ1v) is 27.5. The molecule has 6 rings (SSSR count). The van der Waals surface area contributed by atoms with Gasteiger partial charge in [-0.25, -0.2) is 53.4 Å². The number of alkyl carbamates (subject to hydrolysis) is 2. The summed E-state index contributed by atoms with van der Waals surface area (Å²) < 4.78 is 102. The van der Waals surface area contributed by atoms with Crippen molar-refractivity contribution in [3.05, 3.63) is 131 Å². The number of nitrogens with zero attached hydrogens (tertiary/aromatic N) is 4. The van der Waals surface area contributed by atoms with Crippen molar-refractivity contribution in [3.63, 3.8) is 0 Å². The molecule has 0 bridgehead atoms. The molecule has 0 atom stereocenters. The van der Waals surface area contributed by atoms with Gasteiger partial charge in [0.05, 0.1) is 40.6 Å². The minimum absolute atomic E-state index is 0.0468. The van der Waals surface area contributed by atoms with Gasteiger partial charge < -0.3 is 39.1 Å². The Labute approximate surface area is 454 Å². The van der Waals surface area contributed by atoms with Crippen LogP contribution in [-0.2, 0) is 47.3 Å². The van der Waals surface area contributed by atoms with Gasteiger partial charge in [0.25, 0.3) is 0 Å². The minimum atomic E-state index is -3.72. The average Bonchev–Trinajstić information content (AvgIpc) is 3.79. The highest BCUT2D eigenvalue weighted by Crippen LogP contribution is 2.39. The molecule has 0 aliphatic rings. The Bertz CT molecular complexity index is 3530. The van der Waals surface area contributed by atoms with E-state index in [0.717, 1.165) is 8.61 Å². The average molecular weight is 1120 g/mol. The van der Waals surface area contributed by atoms with E-state index in [2.05, 4.69) is 10.6 Å². The van der Waals surface area contributed by atoms with Crippen molar-refractivity contribution < 1.29 is 64.1 Å². The van der Waals surface area contributed by atoms with Crippen LogP contribution in [-0.4, -0.2) is 123 Å². The van der Waals surface area contributed by atoms with Gasteiger partial charge in [0, 0.05) is 85.6 Å². The molecule has 0 unspecified atom stereocenters. The molecule has 0 saturated carbocycles. The fourth-order valence-corrected chi connectivity index (χ4v) is 10.1. The topological polar surface area (TPSA) is 225 Å². The summed E-state index contributed by atoms with van der Waals surface area (Å²) in [6.45, 7) is 15.4. The first-order valence-electron chi connectivity index (χ1n) is 24.6.